The Morgan fingerprint density at radius 3 is 2.89 bits per heavy atom. The molecule has 1 aromatic heterocycles. The van der Waals surface area contributed by atoms with E-state index >= 15 is 0 Å². The van der Waals surface area contributed by atoms with Crippen molar-refractivity contribution in [1.82, 2.24) is 20.2 Å². The number of amides is 1. The van der Waals surface area contributed by atoms with Gasteiger partial charge in [-0.05, 0) is 69.0 Å². The topological polar surface area (TPSA) is 107 Å². The van der Waals surface area contributed by atoms with Crippen LogP contribution in [0.2, 0.25) is 0 Å². The van der Waals surface area contributed by atoms with E-state index in [0.29, 0.717) is 23.9 Å². The summed E-state index contributed by atoms with van der Waals surface area (Å²) < 4.78 is 7.16. The van der Waals surface area contributed by atoms with E-state index in [9.17, 15) is 4.79 Å². The molecule has 1 aliphatic heterocycles. The van der Waals surface area contributed by atoms with Crippen LogP contribution in [0.4, 0.5) is 5.82 Å². The van der Waals surface area contributed by atoms with Crippen molar-refractivity contribution in [2.75, 3.05) is 39.0 Å². The number of nitrogens with two attached hydrogens (primary N) is 1. The molecule has 4 N–H and O–H groups in total. The van der Waals surface area contributed by atoms with Crippen molar-refractivity contribution in [3.05, 3.63) is 83.4 Å². The second-order valence-electron chi connectivity index (χ2n) is 8.83. The molecule has 3 rings (SSSR count). The van der Waals surface area contributed by atoms with Crippen molar-refractivity contribution < 1.29 is 9.53 Å². The van der Waals surface area contributed by atoms with Crippen molar-refractivity contribution in [3.8, 4) is 0 Å². The molecule has 1 aromatic rings. The van der Waals surface area contributed by atoms with Crippen molar-refractivity contribution >= 4 is 17.8 Å². The smallest absolute Gasteiger partial charge is 0.250 e. The van der Waals surface area contributed by atoms with E-state index in [0.717, 1.165) is 55.0 Å². The summed E-state index contributed by atoms with van der Waals surface area (Å²) >= 11 is 0. The van der Waals surface area contributed by atoms with Gasteiger partial charge in [-0.15, -0.1) is 0 Å². The summed E-state index contributed by atoms with van der Waals surface area (Å²) in [5.41, 5.74) is 9.27. The third kappa shape index (κ3) is 10.1. The van der Waals surface area contributed by atoms with E-state index in [1.165, 1.54) is 6.42 Å². The van der Waals surface area contributed by atoms with Crippen LogP contribution in [0.5, 0.6) is 0 Å². The standard InChI is InChI=1S/C15H19NO2.C14H23N5/c1-4-6-12(2)15(17)16-11-13-7-5-8-14(18-3)10-9-13;1-3-4-5-12-10-17-13(15)14(19(12)2)18-9-11-6-7-16-8-11/h4,6-10H,2,5,11H2,1,3H3,(H,16,17);4-5,10-11,16H,3,6-9H2,1-2H3,(H2,15,17)/b6-4-;5-4+,18-14?. The molecule has 8 nitrogen and oxygen atoms in total. The van der Waals surface area contributed by atoms with Gasteiger partial charge in [-0.1, -0.05) is 43.9 Å². The lowest BCUT2D eigenvalue weighted by Gasteiger charge is -2.09. The van der Waals surface area contributed by atoms with Gasteiger partial charge in [0.25, 0.3) is 5.91 Å². The number of nitrogen functional groups attached to an aromatic ring is 1. The van der Waals surface area contributed by atoms with Gasteiger partial charge in [-0.2, -0.15) is 0 Å². The first-order valence-corrected chi connectivity index (χ1v) is 12.8. The average Bonchev–Trinajstić information content (AvgIpc) is 3.31. The molecule has 0 bridgehead atoms. The number of carbonyl (C=O) groups is 1. The Kier molecular flexibility index (Phi) is 12.9. The maximum Gasteiger partial charge on any atom is 0.250 e. The summed E-state index contributed by atoms with van der Waals surface area (Å²) in [6.07, 6.45) is 20.3. The number of hydrogen-bond acceptors (Lipinski definition) is 6. The maximum atomic E-state index is 11.6. The lowest BCUT2D eigenvalue weighted by molar-refractivity contribution is -0.117. The van der Waals surface area contributed by atoms with Gasteiger partial charge in [0.1, 0.15) is 5.76 Å². The lowest BCUT2D eigenvalue weighted by atomic mass is 10.1. The van der Waals surface area contributed by atoms with Crippen LogP contribution in [0, 0.1) is 5.92 Å². The summed E-state index contributed by atoms with van der Waals surface area (Å²) in [5, 5.41) is 6.18. The molecule has 8 heteroatoms. The minimum absolute atomic E-state index is 0.147. The van der Waals surface area contributed by atoms with Crippen LogP contribution >= 0.6 is 0 Å². The van der Waals surface area contributed by atoms with E-state index in [4.69, 9.17) is 10.5 Å². The normalized spacial score (nSPS) is 17.7. The summed E-state index contributed by atoms with van der Waals surface area (Å²) in [4.78, 5) is 20.5. The Hall–Kier alpha value is -3.65. The molecule has 37 heavy (non-hydrogen) atoms. The highest BCUT2D eigenvalue weighted by Gasteiger charge is 2.13. The molecule has 1 saturated heterocycles. The molecule has 1 aliphatic carbocycles. The highest BCUT2D eigenvalue weighted by molar-refractivity contribution is 5.95. The van der Waals surface area contributed by atoms with Gasteiger partial charge < -0.3 is 25.7 Å². The molecule has 0 aromatic carbocycles. The fourth-order valence-electron chi connectivity index (χ4n) is 3.75. The van der Waals surface area contributed by atoms with Gasteiger partial charge in [0, 0.05) is 25.7 Å². The predicted molar refractivity (Wildman–Crippen MR) is 152 cm³/mol. The minimum Gasteiger partial charge on any atom is -0.497 e. The van der Waals surface area contributed by atoms with Crippen LogP contribution in [0.3, 0.4) is 0 Å². The fraction of sp³-hybridized carbons (Fsp3) is 0.414. The molecule has 1 amide bonds. The molecular formula is C29H42N6O2. The van der Waals surface area contributed by atoms with E-state index < -0.39 is 0 Å². The van der Waals surface area contributed by atoms with Gasteiger partial charge >= 0.3 is 0 Å². The highest BCUT2D eigenvalue weighted by Crippen LogP contribution is 2.10. The zero-order valence-corrected chi connectivity index (χ0v) is 22.7. The van der Waals surface area contributed by atoms with E-state index in [-0.39, 0.29) is 5.91 Å². The highest BCUT2D eigenvalue weighted by atomic mass is 16.5. The first-order valence-electron chi connectivity index (χ1n) is 12.8. The van der Waals surface area contributed by atoms with E-state index in [1.807, 2.05) is 36.8 Å². The third-order valence-electron chi connectivity index (χ3n) is 5.96. The second-order valence-corrected chi connectivity index (χ2v) is 8.83. The number of nitrogens with zero attached hydrogens (tertiary/aromatic N) is 3. The Morgan fingerprint density at radius 1 is 1.41 bits per heavy atom. The number of nitrogens with one attached hydrogen (secondary N) is 2. The molecule has 0 radical (unpaired) electrons. The zero-order valence-electron chi connectivity index (χ0n) is 22.7. The van der Waals surface area contributed by atoms with Crippen LogP contribution < -0.4 is 21.9 Å². The average molecular weight is 507 g/mol. The number of ether oxygens (including phenoxy) is 1. The quantitative estimate of drug-likeness (QED) is 0.351. The summed E-state index contributed by atoms with van der Waals surface area (Å²) in [5.74, 6) is 1.81. The molecule has 2 aliphatic rings. The van der Waals surface area contributed by atoms with E-state index in [2.05, 4.69) is 52.3 Å². The molecule has 1 unspecified atom stereocenters. The Labute approximate surface area is 221 Å². The molecule has 200 valence electrons. The third-order valence-corrected chi connectivity index (χ3v) is 5.96. The molecule has 1 fully saturated rings. The number of hydrogen-bond donors (Lipinski definition) is 3. The Balaban J connectivity index is 0.000000261. The molecule has 2 heterocycles. The van der Waals surface area contributed by atoms with Crippen molar-refractivity contribution in [1.29, 1.82) is 0 Å². The van der Waals surface area contributed by atoms with Crippen molar-refractivity contribution in [3.63, 3.8) is 0 Å². The number of allylic oxidation sites excluding steroid dienone is 5. The first kappa shape index (κ1) is 29.6. The van der Waals surface area contributed by atoms with Crippen LogP contribution in [0.1, 0.15) is 38.8 Å². The summed E-state index contributed by atoms with van der Waals surface area (Å²) in [6.45, 7) is 11.1. The SMILES string of the molecule is C=C(/C=C\C)C(=O)NCC1=CCC=C(OC)C=C1.CC/C=C/c1cnc(N)c(=NCC2CCNC2)n1C. The molecule has 1 atom stereocenters. The van der Waals surface area contributed by atoms with Gasteiger partial charge in [0.2, 0.25) is 0 Å². The summed E-state index contributed by atoms with van der Waals surface area (Å²) in [7, 11) is 3.63. The molecular weight excluding hydrogens is 464 g/mol. The zero-order chi connectivity index (χ0) is 27.0. The Bertz CT molecular complexity index is 1130. The fourth-order valence-corrected chi connectivity index (χ4v) is 3.75. The largest absolute Gasteiger partial charge is 0.497 e. The van der Waals surface area contributed by atoms with Gasteiger partial charge in [-0.3, -0.25) is 9.79 Å². The van der Waals surface area contributed by atoms with Gasteiger partial charge in [-0.25, -0.2) is 4.98 Å². The number of methoxy groups -OCH3 is 1. The van der Waals surface area contributed by atoms with Crippen LogP contribution in [-0.4, -0.2) is 48.7 Å². The maximum absolute atomic E-state index is 11.6. The minimum atomic E-state index is -0.147. The number of carbonyl (C=O) groups excluding carboxylic acids is 1. The number of anilines is 1. The van der Waals surface area contributed by atoms with E-state index in [1.54, 1.807) is 25.5 Å². The number of aromatic nitrogens is 2. The van der Waals surface area contributed by atoms with Crippen molar-refractivity contribution in [2.45, 2.75) is 33.1 Å². The first-order chi connectivity index (χ1) is 17.9. The van der Waals surface area contributed by atoms with Crippen molar-refractivity contribution in [2.24, 2.45) is 18.0 Å². The monoisotopic (exact) mass is 506 g/mol. The summed E-state index contributed by atoms with van der Waals surface area (Å²) in [6, 6.07) is 0. The number of rotatable bonds is 9. The van der Waals surface area contributed by atoms with Gasteiger partial charge in [0.05, 0.1) is 19.0 Å². The lowest BCUT2D eigenvalue weighted by Crippen LogP contribution is -2.26. The predicted octanol–water partition coefficient (Wildman–Crippen LogP) is 3.59. The Morgan fingerprint density at radius 2 is 2.22 bits per heavy atom. The molecule has 0 saturated carbocycles. The van der Waals surface area contributed by atoms with Crippen LogP contribution in [-0.2, 0) is 16.6 Å². The molecule has 0 spiro atoms. The van der Waals surface area contributed by atoms with Crippen LogP contribution in [0.15, 0.2) is 77.2 Å². The second kappa shape index (κ2) is 16.2. The van der Waals surface area contributed by atoms with Crippen LogP contribution in [0.25, 0.3) is 6.08 Å². The van der Waals surface area contributed by atoms with Gasteiger partial charge in [0.15, 0.2) is 11.3 Å².